The summed E-state index contributed by atoms with van der Waals surface area (Å²) in [5.41, 5.74) is 0. The van der Waals surface area contributed by atoms with Gasteiger partial charge in [0.15, 0.2) is 20.4 Å². The van der Waals surface area contributed by atoms with Gasteiger partial charge in [-0.2, -0.15) is 0 Å². The van der Waals surface area contributed by atoms with Crippen LogP contribution in [0.4, 0.5) is 5.82 Å². The first-order valence-electron chi connectivity index (χ1n) is 12.2. The minimum absolute atomic E-state index is 0.0208. The molecule has 0 atom stereocenters. The highest BCUT2D eigenvalue weighted by molar-refractivity contribution is 7.93. The molecule has 35 heavy (non-hydrogen) atoms. The first kappa shape index (κ1) is 25.8. The highest BCUT2D eigenvalue weighted by Crippen LogP contribution is 2.36. The standard InChI is InChI=1S/C25H32N2O6S2/c1-2-3-4-19-5-7-21(34-19)23(28)18-9-13-27(14-10-18)22-8-6-20(17-26-22)35(31,32)25(24(29)30)11-15-33-16-12-25/h5-8,17-18H,2-4,9-16H2,1H3,(H,29,30). The molecule has 0 radical (unpaired) electrons. The molecule has 2 aliphatic rings. The lowest BCUT2D eigenvalue weighted by molar-refractivity contribution is -0.142. The molecule has 0 aliphatic carbocycles. The summed E-state index contributed by atoms with van der Waals surface area (Å²) >= 11 is 1.61. The van der Waals surface area contributed by atoms with Crippen molar-refractivity contribution in [1.82, 2.24) is 4.98 Å². The molecule has 2 fully saturated rings. The van der Waals surface area contributed by atoms with E-state index >= 15 is 0 Å². The van der Waals surface area contributed by atoms with Crippen molar-refractivity contribution in [2.45, 2.75) is 61.5 Å². The van der Waals surface area contributed by atoms with Crippen molar-refractivity contribution in [2.24, 2.45) is 5.92 Å². The average Bonchev–Trinajstić information content (AvgIpc) is 3.36. The highest BCUT2D eigenvalue weighted by atomic mass is 32.2. The quantitative estimate of drug-likeness (QED) is 0.494. The van der Waals surface area contributed by atoms with Gasteiger partial charge in [0.2, 0.25) is 0 Å². The Balaban J connectivity index is 1.40. The van der Waals surface area contributed by atoms with E-state index in [1.807, 2.05) is 11.0 Å². The van der Waals surface area contributed by atoms with Crippen LogP contribution >= 0.6 is 11.3 Å². The van der Waals surface area contributed by atoms with Gasteiger partial charge in [-0.3, -0.25) is 9.59 Å². The molecule has 0 amide bonds. The Kier molecular flexibility index (Phi) is 7.92. The first-order valence-corrected chi connectivity index (χ1v) is 14.5. The van der Waals surface area contributed by atoms with Crippen molar-refractivity contribution in [3.05, 3.63) is 40.2 Å². The van der Waals surface area contributed by atoms with Crippen LogP contribution in [0, 0.1) is 5.92 Å². The summed E-state index contributed by atoms with van der Waals surface area (Å²) in [6, 6.07) is 7.09. The molecule has 4 heterocycles. The number of carbonyl (C=O) groups is 2. The molecule has 190 valence electrons. The molecular weight excluding hydrogens is 488 g/mol. The van der Waals surface area contributed by atoms with Crippen molar-refractivity contribution in [1.29, 1.82) is 0 Å². The monoisotopic (exact) mass is 520 g/mol. The number of thiophene rings is 1. The molecule has 2 aromatic heterocycles. The van der Waals surface area contributed by atoms with Crippen molar-refractivity contribution < 1.29 is 27.9 Å². The Morgan fingerprint density at radius 3 is 2.49 bits per heavy atom. The number of nitrogens with zero attached hydrogens (tertiary/aromatic N) is 2. The van der Waals surface area contributed by atoms with Crippen LogP contribution in [0.1, 0.15) is 60.0 Å². The van der Waals surface area contributed by atoms with Crippen molar-refractivity contribution in [2.75, 3.05) is 31.2 Å². The van der Waals surface area contributed by atoms with E-state index in [4.69, 9.17) is 4.74 Å². The third-order valence-corrected chi connectivity index (χ3v) is 10.7. The zero-order chi connectivity index (χ0) is 25.1. The smallest absolute Gasteiger partial charge is 0.325 e. The second-order valence-corrected chi connectivity index (χ2v) is 12.7. The summed E-state index contributed by atoms with van der Waals surface area (Å²) in [5, 5.41) is 9.75. The molecule has 2 saturated heterocycles. The number of carboxylic acid groups (broad SMARTS) is 1. The van der Waals surface area contributed by atoms with E-state index in [9.17, 15) is 23.1 Å². The number of ketones is 1. The fraction of sp³-hybridized carbons (Fsp3) is 0.560. The average molecular weight is 521 g/mol. The first-order chi connectivity index (χ1) is 16.8. The SMILES string of the molecule is CCCCc1ccc(C(=O)C2CCN(c3ccc(S(=O)(=O)C4(C(=O)O)CCOCC4)cn3)CC2)s1. The number of rotatable bonds is 9. The Morgan fingerprint density at radius 1 is 1.17 bits per heavy atom. The van der Waals surface area contributed by atoms with E-state index in [1.54, 1.807) is 17.4 Å². The van der Waals surface area contributed by atoms with Gasteiger partial charge in [0.05, 0.1) is 9.77 Å². The Hall–Kier alpha value is -2.30. The number of sulfone groups is 1. The van der Waals surface area contributed by atoms with Gasteiger partial charge in [-0.05, 0) is 49.9 Å². The maximum atomic E-state index is 13.2. The van der Waals surface area contributed by atoms with Crippen LogP contribution in [-0.2, 0) is 25.8 Å². The zero-order valence-corrected chi connectivity index (χ0v) is 21.6. The third kappa shape index (κ3) is 5.15. The second kappa shape index (κ2) is 10.8. The van der Waals surface area contributed by atoms with Crippen LogP contribution in [0.25, 0.3) is 0 Å². The summed E-state index contributed by atoms with van der Waals surface area (Å²) in [4.78, 5) is 33.3. The molecule has 10 heteroatoms. The predicted octanol–water partition coefficient (Wildman–Crippen LogP) is 3.99. The van der Waals surface area contributed by atoms with Gasteiger partial charge in [0.25, 0.3) is 0 Å². The molecule has 0 saturated carbocycles. The van der Waals surface area contributed by atoms with E-state index in [0.717, 1.165) is 24.1 Å². The lowest BCUT2D eigenvalue weighted by Crippen LogP contribution is -2.50. The van der Waals surface area contributed by atoms with Gasteiger partial charge < -0.3 is 14.7 Å². The number of piperidine rings is 1. The molecule has 0 spiro atoms. The lowest BCUT2D eigenvalue weighted by Gasteiger charge is -2.33. The minimum atomic E-state index is -4.13. The predicted molar refractivity (Wildman–Crippen MR) is 134 cm³/mol. The Morgan fingerprint density at radius 2 is 1.89 bits per heavy atom. The molecule has 2 aliphatic heterocycles. The van der Waals surface area contributed by atoms with Crippen molar-refractivity contribution in [3.63, 3.8) is 0 Å². The van der Waals surface area contributed by atoms with Gasteiger partial charge in [-0.15, -0.1) is 11.3 Å². The second-order valence-electron chi connectivity index (χ2n) is 9.26. The number of Topliss-reactive ketones (excluding diaryl/α,β-unsaturated/α-hetero) is 1. The van der Waals surface area contributed by atoms with E-state index < -0.39 is 20.6 Å². The van der Waals surface area contributed by atoms with Gasteiger partial charge >= 0.3 is 5.97 Å². The normalized spacial score (nSPS) is 18.9. The maximum Gasteiger partial charge on any atom is 0.325 e. The fourth-order valence-electron chi connectivity index (χ4n) is 4.81. The summed E-state index contributed by atoms with van der Waals surface area (Å²) in [5.74, 6) is -0.529. The van der Waals surface area contributed by atoms with Crippen molar-refractivity contribution >= 4 is 38.7 Å². The molecule has 8 nitrogen and oxygen atoms in total. The molecule has 1 N–H and O–H groups in total. The van der Waals surface area contributed by atoms with Gasteiger partial charge in [0, 0.05) is 56.1 Å². The van der Waals surface area contributed by atoms with E-state index in [0.29, 0.717) is 31.7 Å². The molecule has 2 aromatic rings. The largest absolute Gasteiger partial charge is 0.480 e. The summed E-state index contributed by atoms with van der Waals surface area (Å²) < 4.78 is 29.8. The lowest BCUT2D eigenvalue weighted by atomic mass is 9.92. The number of carbonyl (C=O) groups excluding carboxylic acids is 1. The number of aromatic nitrogens is 1. The van der Waals surface area contributed by atoms with Crippen LogP contribution in [0.15, 0.2) is 35.4 Å². The van der Waals surface area contributed by atoms with Crippen LogP contribution in [0.5, 0.6) is 0 Å². The number of aliphatic carboxylic acids is 1. The van der Waals surface area contributed by atoms with E-state index in [-0.39, 0.29) is 42.7 Å². The number of carboxylic acids is 1. The van der Waals surface area contributed by atoms with E-state index in [1.165, 1.54) is 17.1 Å². The number of ether oxygens (including phenoxy) is 1. The fourth-order valence-corrected chi connectivity index (χ4v) is 7.70. The molecule has 0 aromatic carbocycles. The van der Waals surface area contributed by atoms with Crippen LogP contribution in [-0.4, -0.2) is 61.3 Å². The molecular formula is C25H32N2O6S2. The molecule has 0 unspecified atom stereocenters. The van der Waals surface area contributed by atoms with Gasteiger partial charge in [-0.1, -0.05) is 13.3 Å². The molecule has 4 rings (SSSR count). The summed E-state index contributed by atoms with van der Waals surface area (Å²) in [6.07, 6.45) is 5.80. The number of pyridine rings is 1. The number of unbranched alkanes of at least 4 members (excludes halogenated alkanes) is 1. The van der Waals surface area contributed by atoms with Crippen molar-refractivity contribution in [3.8, 4) is 0 Å². The summed E-state index contributed by atoms with van der Waals surface area (Å²) in [7, 11) is -4.13. The topological polar surface area (TPSA) is 114 Å². The van der Waals surface area contributed by atoms with Gasteiger partial charge in [-0.25, -0.2) is 13.4 Å². The van der Waals surface area contributed by atoms with Crippen LogP contribution < -0.4 is 4.90 Å². The Bertz CT molecular complexity index is 1140. The van der Waals surface area contributed by atoms with Gasteiger partial charge in [0.1, 0.15) is 5.82 Å². The van der Waals surface area contributed by atoms with E-state index in [2.05, 4.69) is 18.0 Å². The number of hydrogen-bond acceptors (Lipinski definition) is 8. The Labute approximate surface area is 210 Å². The number of hydrogen-bond donors (Lipinski definition) is 1. The summed E-state index contributed by atoms with van der Waals surface area (Å²) in [6.45, 7) is 3.65. The third-order valence-electron chi connectivity index (χ3n) is 7.11. The number of anilines is 1. The minimum Gasteiger partial charge on any atom is -0.480 e. The zero-order valence-electron chi connectivity index (χ0n) is 19.9. The van der Waals surface area contributed by atoms with Crippen LogP contribution in [0.2, 0.25) is 0 Å². The maximum absolute atomic E-state index is 13.2. The van der Waals surface area contributed by atoms with Crippen LogP contribution in [0.3, 0.4) is 0 Å². The molecule has 0 bridgehead atoms. The highest BCUT2D eigenvalue weighted by Gasteiger charge is 2.52. The number of aryl methyl sites for hydroxylation is 1.